The first-order valence-corrected chi connectivity index (χ1v) is 8.55. The van der Waals surface area contributed by atoms with Crippen molar-refractivity contribution in [1.29, 1.82) is 0 Å². The van der Waals surface area contributed by atoms with E-state index in [2.05, 4.69) is 5.32 Å². The van der Waals surface area contributed by atoms with E-state index in [0.29, 0.717) is 5.75 Å². The summed E-state index contributed by atoms with van der Waals surface area (Å²) in [5.41, 5.74) is 1.29. The van der Waals surface area contributed by atoms with Crippen molar-refractivity contribution < 1.29 is 19.0 Å². The predicted molar refractivity (Wildman–Crippen MR) is 94.3 cm³/mol. The summed E-state index contributed by atoms with van der Waals surface area (Å²) in [7, 11) is 0. The lowest BCUT2D eigenvalue weighted by Gasteiger charge is -2.17. The summed E-state index contributed by atoms with van der Waals surface area (Å²) in [6, 6.07) is 13.2. The molecule has 4 rings (SSSR count). The molecule has 0 atom stereocenters. The second-order valence-corrected chi connectivity index (χ2v) is 6.80. The number of benzene rings is 2. The van der Waals surface area contributed by atoms with E-state index in [9.17, 15) is 4.79 Å². The van der Waals surface area contributed by atoms with Gasteiger partial charge < -0.3 is 19.5 Å². The average molecular weight is 339 g/mol. The number of hydrogen-bond donors (Lipinski definition) is 1. The zero-order valence-corrected chi connectivity index (χ0v) is 14.4. The van der Waals surface area contributed by atoms with Gasteiger partial charge in [-0.15, -0.1) is 0 Å². The van der Waals surface area contributed by atoms with E-state index in [1.807, 2.05) is 56.3 Å². The summed E-state index contributed by atoms with van der Waals surface area (Å²) >= 11 is 0. The van der Waals surface area contributed by atoms with Crippen LogP contribution in [0.1, 0.15) is 32.3 Å². The van der Waals surface area contributed by atoms with E-state index in [0.717, 1.165) is 35.6 Å². The number of rotatable bonds is 5. The van der Waals surface area contributed by atoms with Gasteiger partial charge in [-0.05, 0) is 68.7 Å². The third kappa shape index (κ3) is 3.02. The minimum atomic E-state index is -0.464. The summed E-state index contributed by atoms with van der Waals surface area (Å²) in [5, 5.41) is 3.02. The number of amides is 1. The number of carbonyl (C=O) groups excluding carboxylic acids is 1. The monoisotopic (exact) mass is 339 g/mol. The van der Waals surface area contributed by atoms with Crippen LogP contribution >= 0.6 is 0 Å². The molecule has 0 aromatic heterocycles. The van der Waals surface area contributed by atoms with Gasteiger partial charge in [0.25, 0.3) is 0 Å². The fourth-order valence-electron chi connectivity index (χ4n) is 3.11. The normalized spacial score (nSPS) is 16.6. The molecule has 0 radical (unpaired) electrons. The van der Waals surface area contributed by atoms with Gasteiger partial charge in [-0.1, -0.05) is 6.07 Å². The highest BCUT2D eigenvalue weighted by Gasteiger charge is 2.51. The van der Waals surface area contributed by atoms with Crippen LogP contribution in [0, 0.1) is 0 Å². The van der Waals surface area contributed by atoms with Crippen LogP contribution in [-0.2, 0) is 10.2 Å². The Bertz CT molecular complexity index is 794. The molecule has 0 unspecified atom stereocenters. The van der Waals surface area contributed by atoms with Gasteiger partial charge in [0.1, 0.15) is 5.75 Å². The number of ether oxygens (including phenoxy) is 3. The molecule has 1 amide bonds. The number of anilines is 1. The molecule has 2 aliphatic rings. The van der Waals surface area contributed by atoms with Gasteiger partial charge in [0.05, 0.1) is 11.5 Å². The third-order valence-electron chi connectivity index (χ3n) is 4.59. The molecule has 2 aromatic rings. The van der Waals surface area contributed by atoms with Gasteiger partial charge in [-0.2, -0.15) is 0 Å². The Morgan fingerprint density at radius 2 is 1.80 bits per heavy atom. The van der Waals surface area contributed by atoms with E-state index >= 15 is 0 Å². The molecule has 1 fully saturated rings. The topological polar surface area (TPSA) is 56.8 Å². The number of nitrogens with one attached hydrogen (secondary N) is 1. The van der Waals surface area contributed by atoms with Crippen molar-refractivity contribution in [2.24, 2.45) is 0 Å². The number of hydrogen-bond acceptors (Lipinski definition) is 4. The van der Waals surface area contributed by atoms with E-state index in [-0.39, 0.29) is 18.8 Å². The van der Waals surface area contributed by atoms with Crippen molar-refractivity contribution in [3.63, 3.8) is 0 Å². The van der Waals surface area contributed by atoms with Gasteiger partial charge >= 0.3 is 0 Å². The third-order valence-corrected chi connectivity index (χ3v) is 4.59. The van der Waals surface area contributed by atoms with Crippen LogP contribution in [-0.4, -0.2) is 18.8 Å². The first kappa shape index (κ1) is 15.8. The van der Waals surface area contributed by atoms with Crippen molar-refractivity contribution in [2.75, 3.05) is 12.1 Å². The lowest BCUT2D eigenvalue weighted by Crippen LogP contribution is -2.27. The minimum Gasteiger partial charge on any atom is -0.491 e. The Morgan fingerprint density at radius 3 is 2.48 bits per heavy atom. The van der Waals surface area contributed by atoms with Crippen molar-refractivity contribution in [1.82, 2.24) is 0 Å². The Labute approximate surface area is 146 Å². The Kier molecular flexibility index (Phi) is 3.79. The van der Waals surface area contributed by atoms with Crippen LogP contribution in [0.2, 0.25) is 0 Å². The molecule has 25 heavy (non-hydrogen) atoms. The lowest BCUT2D eigenvalue weighted by molar-refractivity contribution is -0.118. The Balaban J connectivity index is 1.49. The fourth-order valence-corrected chi connectivity index (χ4v) is 3.11. The molecule has 1 heterocycles. The highest BCUT2D eigenvalue weighted by Crippen LogP contribution is 2.51. The highest BCUT2D eigenvalue weighted by atomic mass is 16.7. The summed E-state index contributed by atoms with van der Waals surface area (Å²) in [4.78, 5) is 12.8. The lowest BCUT2D eigenvalue weighted by atomic mass is 9.94. The summed E-state index contributed by atoms with van der Waals surface area (Å²) in [6.07, 6.45) is 1.81. The van der Waals surface area contributed by atoms with Crippen molar-refractivity contribution in [3.8, 4) is 17.2 Å². The van der Waals surface area contributed by atoms with Crippen LogP contribution in [0.4, 0.5) is 5.69 Å². The molecule has 0 bridgehead atoms. The fraction of sp³-hybridized carbons (Fsp3) is 0.350. The molecule has 0 saturated heterocycles. The Morgan fingerprint density at radius 1 is 1.08 bits per heavy atom. The smallest absolute Gasteiger partial charge is 0.235 e. The molecule has 0 spiro atoms. The number of fused-ring (bicyclic) bond motifs is 1. The van der Waals surface area contributed by atoms with E-state index in [1.54, 1.807) is 0 Å². The molecule has 130 valence electrons. The number of carbonyl (C=O) groups is 1. The summed E-state index contributed by atoms with van der Waals surface area (Å²) < 4.78 is 16.4. The highest BCUT2D eigenvalue weighted by molar-refractivity contribution is 6.01. The minimum absolute atomic E-state index is 0.0175. The zero-order valence-electron chi connectivity index (χ0n) is 14.4. The first-order chi connectivity index (χ1) is 12.1. The van der Waals surface area contributed by atoms with Crippen LogP contribution in [0.3, 0.4) is 0 Å². The molecule has 5 nitrogen and oxygen atoms in total. The molecular weight excluding hydrogens is 318 g/mol. The van der Waals surface area contributed by atoms with E-state index < -0.39 is 5.41 Å². The maximum Gasteiger partial charge on any atom is 0.235 e. The van der Waals surface area contributed by atoms with Gasteiger partial charge in [-0.3, -0.25) is 4.79 Å². The molecule has 2 aromatic carbocycles. The van der Waals surface area contributed by atoms with E-state index in [4.69, 9.17) is 14.2 Å². The summed E-state index contributed by atoms with van der Waals surface area (Å²) in [5.74, 6) is 2.27. The largest absolute Gasteiger partial charge is 0.491 e. The maximum atomic E-state index is 12.8. The molecule has 1 aliphatic carbocycles. The van der Waals surface area contributed by atoms with Gasteiger partial charge in [0, 0.05) is 5.69 Å². The van der Waals surface area contributed by atoms with Crippen LogP contribution in [0.25, 0.3) is 0 Å². The van der Waals surface area contributed by atoms with Crippen molar-refractivity contribution in [2.45, 2.75) is 38.2 Å². The van der Waals surface area contributed by atoms with Crippen molar-refractivity contribution in [3.05, 3.63) is 48.0 Å². The molecule has 1 aliphatic heterocycles. The average Bonchev–Trinajstić information content (AvgIpc) is 3.27. The summed E-state index contributed by atoms with van der Waals surface area (Å²) in [6.45, 7) is 4.21. The first-order valence-electron chi connectivity index (χ1n) is 8.55. The van der Waals surface area contributed by atoms with Gasteiger partial charge in [0.15, 0.2) is 11.5 Å². The van der Waals surface area contributed by atoms with Gasteiger partial charge in [0.2, 0.25) is 12.7 Å². The molecule has 1 N–H and O–H groups in total. The second kappa shape index (κ2) is 5.99. The van der Waals surface area contributed by atoms with Crippen molar-refractivity contribution >= 4 is 11.6 Å². The maximum absolute atomic E-state index is 12.8. The SMILES string of the molecule is CC(C)Oc1ccc(NC(=O)C2(c3ccc4c(c3)OCO4)CC2)cc1. The Hall–Kier alpha value is -2.69. The molecular formula is C20H21NO4. The van der Waals surface area contributed by atoms with Gasteiger partial charge in [-0.25, -0.2) is 0 Å². The molecule has 1 saturated carbocycles. The van der Waals surface area contributed by atoms with Crippen LogP contribution in [0.15, 0.2) is 42.5 Å². The second-order valence-electron chi connectivity index (χ2n) is 6.80. The predicted octanol–water partition coefficient (Wildman–Crippen LogP) is 3.87. The zero-order chi connectivity index (χ0) is 17.4. The quantitative estimate of drug-likeness (QED) is 0.898. The standard InChI is InChI=1S/C20H21NO4/c1-13(2)25-16-6-4-15(5-7-16)21-19(22)20(9-10-20)14-3-8-17-18(11-14)24-12-23-17/h3-8,11,13H,9-10,12H2,1-2H3,(H,21,22). The van der Waals surface area contributed by atoms with Crippen LogP contribution in [0.5, 0.6) is 17.2 Å². The van der Waals surface area contributed by atoms with E-state index in [1.165, 1.54) is 0 Å². The molecule has 5 heteroatoms. The van der Waals surface area contributed by atoms with Crippen LogP contribution < -0.4 is 19.5 Å².